The Morgan fingerprint density at radius 2 is 2.12 bits per heavy atom. The third-order valence-corrected chi connectivity index (χ3v) is 2.82. The highest BCUT2D eigenvalue weighted by molar-refractivity contribution is 6.02. The highest BCUT2D eigenvalue weighted by Crippen LogP contribution is 2.24. The summed E-state index contributed by atoms with van der Waals surface area (Å²) < 4.78 is 0. The van der Waals surface area contributed by atoms with Crippen molar-refractivity contribution in [2.45, 2.75) is 19.8 Å². The molecular weight excluding hydrogens is 212 g/mol. The van der Waals surface area contributed by atoms with Crippen molar-refractivity contribution in [2.24, 2.45) is 0 Å². The number of rotatable bonds is 3. The normalized spacial score (nSPS) is 10.5. The molecule has 17 heavy (non-hydrogen) atoms. The van der Waals surface area contributed by atoms with E-state index in [9.17, 15) is 4.79 Å². The van der Waals surface area contributed by atoms with E-state index >= 15 is 0 Å². The number of amides is 1. The van der Waals surface area contributed by atoms with E-state index < -0.39 is 0 Å². The van der Waals surface area contributed by atoms with Crippen LogP contribution in [0.2, 0.25) is 0 Å². The molecule has 88 valence electrons. The Balaban J connectivity index is 2.44. The molecule has 1 amide bonds. The molecule has 0 radical (unpaired) electrons. The second-order valence-electron chi connectivity index (χ2n) is 4.05. The topological polar surface area (TPSA) is 33.2 Å². The van der Waals surface area contributed by atoms with Crippen LogP contribution < -0.4 is 4.90 Å². The summed E-state index contributed by atoms with van der Waals surface area (Å²) in [5.74, 6) is 0.142. The molecule has 3 nitrogen and oxygen atoms in total. The Bertz CT molecular complexity index is 531. The number of anilines is 1. The lowest BCUT2D eigenvalue weighted by Crippen LogP contribution is -2.25. The first kappa shape index (κ1) is 11.6. The van der Waals surface area contributed by atoms with Crippen LogP contribution in [-0.2, 0) is 4.79 Å². The molecule has 0 atom stereocenters. The minimum atomic E-state index is 0.142. The molecule has 0 aliphatic rings. The monoisotopic (exact) mass is 228 g/mol. The van der Waals surface area contributed by atoms with Gasteiger partial charge in [0.25, 0.3) is 0 Å². The van der Waals surface area contributed by atoms with Crippen molar-refractivity contribution in [1.82, 2.24) is 4.98 Å². The van der Waals surface area contributed by atoms with Gasteiger partial charge in [0.2, 0.25) is 5.91 Å². The van der Waals surface area contributed by atoms with E-state index in [1.54, 1.807) is 11.1 Å². The SMILES string of the molecule is CCCC(=O)N(C)c1cccc2ncccc12. The van der Waals surface area contributed by atoms with E-state index in [2.05, 4.69) is 4.98 Å². The number of hydrogen-bond donors (Lipinski definition) is 0. The predicted octanol–water partition coefficient (Wildman–Crippen LogP) is 3.00. The molecule has 1 heterocycles. The Morgan fingerprint density at radius 3 is 2.88 bits per heavy atom. The number of fused-ring (bicyclic) bond motifs is 1. The van der Waals surface area contributed by atoms with Gasteiger partial charge in [-0.2, -0.15) is 0 Å². The van der Waals surface area contributed by atoms with Gasteiger partial charge in [-0.1, -0.05) is 13.0 Å². The van der Waals surface area contributed by atoms with Gasteiger partial charge in [0, 0.05) is 25.1 Å². The van der Waals surface area contributed by atoms with Crippen molar-refractivity contribution in [3.8, 4) is 0 Å². The third-order valence-electron chi connectivity index (χ3n) is 2.82. The predicted molar refractivity (Wildman–Crippen MR) is 70.1 cm³/mol. The molecule has 0 fully saturated rings. The average Bonchev–Trinajstić information content (AvgIpc) is 2.37. The Morgan fingerprint density at radius 1 is 1.29 bits per heavy atom. The van der Waals surface area contributed by atoms with Gasteiger partial charge in [-0.25, -0.2) is 0 Å². The molecule has 1 aromatic carbocycles. The molecule has 0 aliphatic heterocycles. The fraction of sp³-hybridized carbons (Fsp3) is 0.286. The Hall–Kier alpha value is -1.90. The second kappa shape index (κ2) is 4.95. The molecule has 2 rings (SSSR count). The van der Waals surface area contributed by atoms with Crippen molar-refractivity contribution in [3.63, 3.8) is 0 Å². The zero-order valence-electron chi connectivity index (χ0n) is 10.2. The van der Waals surface area contributed by atoms with Crippen molar-refractivity contribution < 1.29 is 4.79 Å². The number of carbonyl (C=O) groups is 1. The fourth-order valence-corrected chi connectivity index (χ4v) is 1.90. The smallest absolute Gasteiger partial charge is 0.226 e. The van der Waals surface area contributed by atoms with E-state index in [0.717, 1.165) is 23.0 Å². The summed E-state index contributed by atoms with van der Waals surface area (Å²) in [4.78, 5) is 17.9. The summed E-state index contributed by atoms with van der Waals surface area (Å²) in [6.45, 7) is 2.01. The van der Waals surface area contributed by atoms with Crippen molar-refractivity contribution in [1.29, 1.82) is 0 Å². The van der Waals surface area contributed by atoms with Crippen molar-refractivity contribution in [3.05, 3.63) is 36.5 Å². The lowest BCUT2D eigenvalue weighted by atomic mass is 10.1. The zero-order valence-corrected chi connectivity index (χ0v) is 10.2. The third kappa shape index (κ3) is 2.28. The van der Waals surface area contributed by atoms with Crippen LogP contribution >= 0.6 is 0 Å². The molecule has 3 heteroatoms. The molecule has 0 spiro atoms. The lowest BCUT2D eigenvalue weighted by molar-refractivity contribution is -0.118. The van der Waals surface area contributed by atoms with Crippen LogP contribution in [0.25, 0.3) is 10.9 Å². The molecule has 0 unspecified atom stereocenters. The minimum absolute atomic E-state index is 0.142. The molecule has 0 saturated heterocycles. The van der Waals surface area contributed by atoms with Gasteiger partial charge >= 0.3 is 0 Å². The zero-order chi connectivity index (χ0) is 12.3. The van der Waals surface area contributed by atoms with Gasteiger partial charge in [0.15, 0.2) is 0 Å². The van der Waals surface area contributed by atoms with Gasteiger partial charge in [-0.15, -0.1) is 0 Å². The number of pyridine rings is 1. The maximum Gasteiger partial charge on any atom is 0.226 e. The van der Waals surface area contributed by atoms with E-state index in [0.29, 0.717) is 6.42 Å². The molecule has 0 aliphatic carbocycles. The summed E-state index contributed by atoms with van der Waals surface area (Å²) in [7, 11) is 1.82. The van der Waals surface area contributed by atoms with Gasteiger partial charge in [0.05, 0.1) is 11.2 Å². The molecular formula is C14H16N2O. The number of aromatic nitrogens is 1. The van der Waals surface area contributed by atoms with Crippen LogP contribution in [-0.4, -0.2) is 17.9 Å². The van der Waals surface area contributed by atoms with Gasteiger partial charge < -0.3 is 4.90 Å². The van der Waals surface area contributed by atoms with Crippen LogP contribution in [0.1, 0.15) is 19.8 Å². The Labute approximate surface area is 101 Å². The van der Waals surface area contributed by atoms with E-state index in [4.69, 9.17) is 0 Å². The van der Waals surface area contributed by atoms with Crippen LogP contribution in [0, 0.1) is 0 Å². The van der Waals surface area contributed by atoms with Gasteiger partial charge in [-0.05, 0) is 30.7 Å². The van der Waals surface area contributed by atoms with Crippen LogP contribution in [0.15, 0.2) is 36.5 Å². The molecule has 2 aromatic rings. The van der Waals surface area contributed by atoms with Gasteiger partial charge in [0.1, 0.15) is 0 Å². The summed E-state index contributed by atoms with van der Waals surface area (Å²) in [5, 5.41) is 1.02. The maximum absolute atomic E-state index is 11.9. The highest BCUT2D eigenvalue weighted by Gasteiger charge is 2.12. The van der Waals surface area contributed by atoms with Crippen molar-refractivity contribution >= 4 is 22.5 Å². The van der Waals surface area contributed by atoms with Crippen molar-refractivity contribution in [2.75, 3.05) is 11.9 Å². The number of nitrogens with zero attached hydrogens (tertiary/aromatic N) is 2. The minimum Gasteiger partial charge on any atom is -0.315 e. The average molecular weight is 228 g/mol. The lowest BCUT2D eigenvalue weighted by Gasteiger charge is -2.18. The largest absolute Gasteiger partial charge is 0.315 e. The molecule has 0 saturated carbocycles. The standard InChI is InChI=1S/C14H16N2O/c1-3-6-14(17)16(2)13-9-4-8-12-11(13)7-5-10-15-12/h4-5,7-10H,3,6H2,1-2H3. The van der Waals surface area contributed by atoms with Gasteiger partial charge in [-0.3, -0.25) is 9.78 Å². The summed E-state index contributed by atoms with van der Waals surface area (Å²) in [6.07, 6.45) is 3.21. The molecule has 1 aromatic heterocycles. The Kier molecular flexibility index (Phi) is 3.38. The summed E-state index contributed by atoms with van der Waals surface area (Å²) >= 11 is 0. The van der Waals surface area contributed by atoms with Crippen LogP contribution in [0.3, 0.4) is 0 Å². The van der Waals surface area contributed by atoms with Crippen LogP contribution in [0.5, 0.6) is 0 Å². The maximum atomic E-state index is 11.9. The molecule has 0 bridgehead atoms. The number of carbonyl (C=O) groups excluding carboxylic acids is 1. The highest BCUT2D eigenvalue weighted by atomic mass is 16.2. The van der Waals surface area contributed by atoms with E-state index in [1.165, 1.54) is 0 Å². The summed E-state index contributed by atoms with van der Waals surface area (Å²) in [5.41, 5.74) is 1.84. The van der Waals surface area contributed by atoms with E-state index in [1.807, 2.05) is 44.3 Å². The van der Waals surface area contributed by atoms with Crippen LogP contribution in [0.4, 0.5) is 5.69 Å². The first-order valence-electron chi connectivity index (χ1n) is 5.84. The first-order chi connectivity index (χ1) is 8.24. The van der Waals surface area contributed by atoms with E-state index in [-0.39, 0.29) is 5.91 Å². The fourth-order valence-electron chi connectivity index (χ4n) is 1.90. The number of benzene rings is 1. The first-order valence-corrected chi connectivity index (χ1v) is 5.84. The molecule has 0 N–H and O–H groups in total. The number of hydrogen-bond acceptors (Lipinski definition) is 2. The quantitative estimate of drug-likeness (QED) is 0.809. The second-order valence-corrected chi connectivity index (χ2v) is 4.05. The summed E-state index contributed by atoms with van der Waals surface area (Å²) in [6, 6.07) is 9.73.